The summed E-state index contributed by atoms with van der Waals surface area (Å²) in [6.07, 6.45) is 3.90. The molecule has 1 aromatic heterocycles. The maximum Gasteiger partial charge on any atom is 0.267 e. The number of nitrogens with zero attached hydrogens (tertiary/aromatic N) is 1. The predicted molar refractivity (Wildman–Crippen MR) is 75.4 cm³/mol. The minimum Gasteiger partial charge on any atom is -0.324 e. The van der Waals surface area contributed by atoms with Gasteiger partial charge < -0.3 is 5.73 Å². The van der Waals surface area contributed by atoms with Crippen molar-refractivity contribution in [3.05, 3.63) is 53.9 Å². The fourth-order valence-electron chi connectivity index (χ4n) is 1.83. The summed E-state index contributed by atoms with van der Waals surface area (Å²) in [5.41, 5.74) is 7.76. The Balaban J connectivity index is 2.39. The summed E-state index contributed by atoms with van der Waals surface area (Å²) in [5, 5.41) is 0. The van der Waals surface area contributed by atoms with Gasteiger partial charge in [-0.25, -0.2) is 12.4 Å². The normalized spacial score (nSPS) is 13.4. The highest BCUT2D eigenvalue weighted by Crippen LogP contribution is 2.19. The molecule has 1 heterocycles. The number of hydrogen-bond donors (Lipinski definition) is 1. The average Bonchev–Trinajstić information content (AvgIpc) is 2.88. The largest absolute Gasteiger partial charge is 0.324 e. The molecule has 0 amide bonds. The molecule has 0 radical (unpaired) electrons. The highest BCUT2D eigenvalue weighted by atomic mass is 32.2. The van der Waals surface area contributed by atoms with Gasteiger partial charge in [0.05, 0.1) is 4.90 Å². The number of nitrogens with two attached hydrogens (primary N) is 1. The Morgan fingerprint density at radius 1 is 1.21 bits per heavy atom. The first-order chi connectivity index (χ1) is 8.95. The molecule has 2 N–H and O–H groups in total. The molecule has 19 heavy (non-hydrogen) atoms. The van der Waals surface area contributed by atoms with Gasteiger partial charge in [0.15, 0.2) is 0 Å². The summed E-state index contributed by atoms with van der Waals surface area (Å²) in [4.78, 5) is 0.283. The predicted octanol–water partition coefficient (Wildman–Crippen LogP) is 2.44. The third-order valence-electron chi connectivity index (χ3n) is 3.15. The molecule has 1 atom stereocenters. The summed E-state index contributed by atoms with van der Waals surface area (Å²) < 4.78 is 26.0. The average molecular weight is 278 g/mol. The molecule has 0 unspecified atom stereocenters. The summed E-state index contributed by atoms with van der Waals surface area (Å²) >= 11 is 0. The van der Waals surface area contributed by atoms with Crippen molar-refractivity contribution in [3.8, 4) is 0 Å². The van der Waals surface area contributed by atoms with Gasteiger partial charge in [-0.3, -0.25) is 0 Å². The van der Waals surface area contributed by atoms with Crippen molar-refractivity contribution in [2.75, 3.05) is 0 Å². The maximum atomic E-state index is 12.4. The van der Waals surface area contributed by atoms with Gasteiger partial charge in [-0.1, -0.05) is 24.6 Å². The Bertz CT molecular complexity index is 657. The Labute approximate surface area is 113 Å². The van der Waals surface area contributed by atoms with Crippen molar-refractivity contribution >= 4 is 10.0 Å². The molecule has 0 fully saturated rings. The molecular formula is C14H18N2O2S. The Hall–Kier alpha value is -1.59. The molecule has 2 rings (SSSR count). The van der Waals surface area contributed by atoms with Gasteiger partial charge in [-0.15, -0.1) is 0 Å². The molecule has 5 heteroatoms. The quantitative estimate of drug-likeness (QED) is 0.934. The van der Waals surface area contributed by atoms with Crippen LogP contribution in [0, 0.1) is 6.92 Å². The molecule has 0 bridgehead atoms. The molecule has 0 spiro atoms. The smallest absolute Gasteiger partial charge is 0.267 e. The van der Waals surface area contributed by atoms with Gasteiger partial charge in [0, 0.05) is 18.4 Å². The maximum absolute atomic E-state index is 12.4. The van der Waals surface area contributed by atoms with Crippen LogP contribution in [0.15, 0.2) is 47.6 Å². The fraction of sp³-hybridized carbons (Fsp3) is 0.286. The first kappa shape index (κ1) is 13.8. The van der Waals surface area contributed by atoms with Crippen molar-refractivity contribution in [2.24, 2.45) is 5.73 Å². The van der Waals surface area contributed by atoms with E-state index in [9.17, 15) is 8.42 Å². The fourth-order valence-corrected chi connectivity index (χ4v) is 3.03. The van der Waals surface area contributed by atoms with E-state index in [2.05, 4.69) is 0 Å². The van der Waals surface area contributed by atoms with Crippen LogP contribution in [0.3, 0.4) is 0 Å². The van der Waals surface area contributed by atoms with Crippen molar-refractivity contribution < 1.29 is 8.42 Å². The van der Waals surface area contributed by atoms with Gasteiger partial charge in [-0.05, 0) is 37.1 Å². The Morgan fingerprint density at radius 2 is 1.84 bits per heavy atom. The number of hydrogen-bond acceptors (Lipinski definition) is 3. The Morgan fingerprint density at radius 3 is 2.42 bits per heavy atom. The molecule has 4 nitrogen and oxygen atoms in total. The van der Waals surface area contributed by atoms with Crippen LogP contribution in [0.2, 0.25) is 0 Å². The first-order valence-corrected chi connectivity index (χ1v) is 7.65. The summed E-state index contributed by atoms with van der Waals surface area (Å²) in [6.45, 7) is 3.89. The van der Waals surface area contributed by atoms with Crippen LogP contribution in [0.5, 0.6) is 0 Å². The van der Waals surface area contributed by atoms with Crippen molar-refractivity contribution in [1.29, 1.82) is 0 Å². The van der Waals surface area contributed by atoms with Crippen LogP contribution in [-0.4, -0.2) is 12.4 Å². The van der Waals surface area contributed by atoms with E-state index in [1.165, 1.54) is 3.97 Å². The minimum atomic E-state index is -3.52. The Kier molecular flexibility index (Phi) is 3.78. The standard InChI is InChI=1S/C14H18N2O2S/c1-3-14(15)12-8-9-16(10-12)19(17,18)13-6-4-11(2)5-7-13/h4-10,14H,3,15H2,1-2H3/t14-/m1/s1. The lowest BCUT2D eigenvalue weighted by Crippen LogP contribution is -2.12. The van der Waals surface area contributed by atoms with E-state index in [-0.39, 0.29) is 10.9 Å². The van der Waals surface area contributed by atoms with Gasteiger partial charge in [0.1, 0.15) is 0 Å². The molecule has 0 aliphatic rings. The van der Waals surface area contributed by atoms with Crippen molar-refractivity contribution in [1.82, 2.24) is 3.97 Å². The number of aromatic nitrogens is 1. The molecule has 102 valence electrons. The number of benzene rings is 1. The van der Waals surface area contributed by atoms with Crippen LogP contribution in [-0.2, 0) is 10.0 Å². The zero-order valence-electron chi connectivity index (χ0n) is 11.1. The zero-order chi connectivity index (χ0) is 14.0. The third-order valence-corrected chi connectivity index (χ3v) is 4.80. The van der Waals surface area contributed by atoms with E-state index >= 15 is 0 Å². The molecule has 1 aromatic carbocycles. The van der Waals surface area contributed by atoms with E-state index in [4.69, 9.17) is 5.73 Å². The van der Waals surface area contributed by atoms with Gasteiger partial charge in [0.25, 0.3) is 10.0 Å². The van der Waals surface area contributed by atoms with Crippen molar-refractivity contribution in [2.45, 2.75) is 31.2 Å². The van der Waals surface area contributed by atoms with Crippen LogP contribution in [0.25, 0.3) is 0 Å². The molecule has 0 aliphatic heterocycles. The van der Waals surface area contributed by atoms with Crippen LogP contribution in [0.1, 0.15) is 30.5 Å². The summed E-state index contributed by atoms with van der Waals surface area (Å²) in [6, 6.07) is 8.42. The third kappa shape index (κ3) is 2.72. The van der Waals surface area contributed by atoms with Gasteiger partial charge in [0.2, 0.25) is 0 Å². The van der Waals surface area contributed by atoms with E-state index in [0.29, 0.717) is 0 Å². The van der Waals surface area contributed by atoms with Crippen LogP contribution < -0.4 is 5.73 Å². The lowest BCUT2D eigenvalue weighted by molar-refractivity contribution is 0.587. The second kappa shape index (κ2) is 5.19. The highest BCUT2D eigenvalue weighted by molar-refractivity contribution is 7.90. The summed E-state index contributed by atoms with van der Waals surface area (Å²) in [5.74, 6) is 0. The first-order valence-electron chi connectivity index (χ1n) is 6.21. The minimum absolute atomic E-state index is 0.130. The molecule has 0 saturated carbocycles. The number of aryl methyl sites for hydroxylation is 1. The van der Waals surface area contributed by atoms with Crippen LogP contribution in [0.4, 0.5) is 0 Å². The van der Waals surface area contributed by atoms with E-state index < -0.39 is 10.0 Å². The summed E-state index contributed by atoms with van der Waals surface area (Å²) in [7, 11) is -3.52. The lowest BCUT2D eigenvalue weighted by Gasteiger charge is -2.07. The highest BCUT2D eigenvalue weighted by Gasteiger charge is 2.17. The lowest BCUT2D eigenvalue weighted by atomic mass is 10.1. The molecule has 0 aliphatic carbocycles. The van der Waals surface area contributed by atoms with E-state index in [1.807, 2.05) is 13.8 Å². The monoisotopic (exact) mass is 278 g/mol. The van der Waals surface area contributed by atoms with Crippen LogP contribution >= 0.6 is 0 Å². The van der Waals surface area contributed by atoms with Crippen molar-refractivity contribution in [3.63, 3.8) is 0 Å². The van der Waals surface area contributed by atoms with Gasteiger partial charge in [-0.2, -0.15) is 0 Å². The molecular weight excluding hydrogens is 260 g/mol. The second-order valence-corrected chi connectivity index (χ2v) is 6.45. The SMILES string of the molecule is CC[C@@H](N)c1ccn(S(=O)(=O)c2ccc(C)cc2)c1. The molecule has 2 aromatic rings. The molecule has 0 saturated heterocycles. The van der Waals surface area contributed by atoms with E-state index in [0.717, 1.165) is 17.5 Å². The van der Waals surface area contributed by atoms with Gasteiger partial charge >= 0.3 is 0 Å². The zero-order valence-corrected chi connectivity index (χ0v) is 11.9. The number of rotatable bonds is 4. The topological polar surface area (TPSA) is 65.1 Å². The second-order valence-electron chi connectivity index (χ2n) is 4.61. The van der Waals surface area contributed by atoms with E-state index in [1.54, 1.807) is 42.7 Å².